The van der Waals surface area contributed by atoms with Crippen LogP contribution in [0.4, 0.5) is 0 Å². The molecule has 1 fully saturated rings. The Morgan fingerprint density at radius 1 is 1.07 bits per heavy atom. The minimum Gasteiger partial charge on any atom is -0.357 e. The van der Waals surface area contributed by atoms with Gasteiger partial charge in [0.1, 0.15) is 0 Å². The number of halogens is 1. The number of likely N-dealkylation sites (N-methyl/N-ethyl adjacent to an activating group) is 1. The molecule has 0 aliphatic carbocycles. The Morgan fingerprint density at radius 3 is 2.25 bits per heavy atom. The van der Waals surface area contributed by atoms with E-state index in [4.69, 9.17) is 4.99 Å². The van der Waals surface area contributed by atoms with Crippen LogP contribution in [-0.4, -0.2) is 73.1 Å². The maximum Gasteiger partial charge on any atom is 0.191 e. The van der Waals surface area contributed by atoms with E-state index in [0.717, 1.165) is 38.7 Å². The molecule has 1 aromatic carbocycles. The molecule has 1 aliphatic rings. The van der Waals surface area contributed by atoms with E-state index < -0.39 is 0 Å². The second-order valence-corrected chi connectivity index (χ2v) is 9.42. The van der Waals surface area contributed by atoms with Gasteiger partial charge in [-0.05, 0) is 45.2 Å². The zero-order valence-corrected chi connectivity index (χ0v) is 21.3. The van der Waals surface area contributed by atoms with Crippen molar-refractivity contribution in [2.75, 3.05) is 52.6 Å². The summed E-state index contributed by atoms with van der Waals surface area (Å²) in [6, 6.07) is 8.93. The fraction of sp³-hybridized carbons (Fsp3) is 0.667. The Balaban J connectivity index is 0.00000392. The molecule has 5 nitrogen and oxygen atoms in total. The van der Waals surface area contributed by atoms with Gasteiger partial charge in [-0.25, -0.2) is 4.99 Å². The van der Waals surface area contributed by atoms with Crippen LogP contribution in [0.1, 0.15) is 31.9 Å². The van der Waals surface area contributed by atoms with E-state index in [-0.39, 0.29) is 28.7 Å². The van der Waals surface area contributed by atoms with E-state index in [1.807, 2.05) is 11.8 Å². The van der Waals surface area contributed by atoms with Crippen LogP contribution >= 0.6 is 35.7 Å². The number of guanidine groups is 1. The average molecular weight is 520 g/mol. The highest BCUT2D eigenvalue weighted by molar-refractivity contribution is 14.0. The molecule has 0 unspecified atom stereocenters. The third-order valence-electron chi connectivity index (χ3n) is 5.02. The van der Waals surface area contributed by atoms with Crippen molar-refractivity contribution in [2.45, 2.75) is 38.6 Å². The molecule has 1 heterocycles. The van der Waals surface area contributed by atoms with Gasteiger partial charge in [-0.3, -0.25) is 4.90 Å². The minimum atomic E-state index is 0. The number of thioether (sulfide) groups is 1. The Hall–Kier alpha value is -0.510. The number of rotatable bonds is 8. The minimum absolute atomic E-state index is 0. The number of aliphatic imine (C=N–C) groups is 1. The van der Waals surface area contributed by atoms with Crippen molar-refractivity contribution in [1.82, 2.24) is 20.4 Å². The second-order valence-electron chi connectivity index (χ2n) is 7.91. The third-order valence-corrected chi connectivity index (χ3v) is 6.27. The summed E-state index contributed by atoms with van der Waals surface area (Å²) in [4.78, 5) is 9.68. The number of piperazine rings is 1. The Morgan fingerprint density at radius 2 is 1.68 bits per heavy atom. The lowest BCUT2D eigenvalue weighted by molar-refractivity contribution is 0.148. The van der Waals surface area contributed by atoms with Gasteiger partial charge in [-0.2, -0.15) is 11.8 Å². The maximum absolute atomic E-state index is 4.74. The summed E-state index contributed by atoms with van der Waals surface area (Å²) in [7, 11) is 2.20. The van der Waals surface area contributed by atoms with E-state index in [1.54, 1.807) is 0 Å². The molecule has 1 aromatic rings. The highest BCUT2D eigenvalue weighted by Crippen LogP contribution is 2.19. The lowest BCUT2D eigenvalue weighted by Gasteiger charge is -2.32. The largest absolute Gasteiger partial charge is 0.357 e. The second kappa shape index (κ2) is 12.9. The zero-order chi connectivity index (χ0) is 19.7. The molecule has 0 amide bonds. The van der Waals surface area contributed by atoms with Crippen LogP contribution in [-0.2, 0) is 13.1 Å². The number of nitrogens with zero attached hydrogens (tertiary/aromatic N) is 3. The fourth-order valence-corrected chi connectivity index (χ4v) is 3.11. The first-order valence-corrected chi connectivity index (χ1v) is 11.2. The first-order valence-electron chi connectivity index (χ1n) is 9.98. The first kappa shape index (κ1) is 25.5. The molecule has 0 bridgehead atoms. The molecule has 7 heteroatoms. The van der Waals surface area contributed by atoms with E-state index in [1.165, 1.54) is 24.2 Å². The lowest BCUT2D eigenvalue weighted by atomic mass is 10.1. The zero-order valence-electron chi connectivity index (χ0n) is 18.1. The van der Waals surface area contributed by atoms with Gasteiger partial charge in [0.05, 0.1) is 6.54 Å². The highest BCUT2D eigenvalue weighted by atomic mass is 127. The molecule has 0 saturated carbocycles. The van der Waals surface area contributed by atoms with Crippen LogP contribution < -0.4 is 10.6 Å². The number of nitrogens with one attached hydrogen (secondary N) is 2. The quantitative estimate of drug-likeness (QED) is 0.314. The fourth-order valence-electron chi connectivity index (χ4n) is 2.90. The average Bonchev–Trinajstić information content (AvgIpc) is 2.67. The van der Waals surface area contributed by atoms with Crippen molar-refractivity contribution < 1.29 is 0 Å². The third kappa shape index (κ3) is 9.33. The summed E-state index contributed by atoms with van der Waals surface area (Å²) in [5, 5.41) is 6.80. The molecule has 1 saturated heterocycles. The standard InChI is InChI=1S/C21H37N5S.HI/c1-6-22-20(24-17-21(2,3)27-5)23-15-18-7-9-19(10-8-18)16-26-13-11-25(4)12-14-26;/h7-10H,6,11-17H2,1-5H3,(H2,22,23,24);1H. The van der Waals surface area contributed by atoms with Crippen molar-refractivity contribution >= 4 is 41.7 Å². The van der Waals surface area contributed by atoms with E-state index >= 15 is 0 Å². The first-order chi connectivity index (χ1) is 12.9. The van der Waals surface area contributed by atoms with E-state index in [2.05, 4.69) is 78.8 Å². The molecule has 0 atom stereocenters. The Bertz CT molecular complexity index is 583. The normalized spacial score (nSPS) is 16.5. The summed E-state index contributed by atoms with van der Waals surface area (Å²) in [6.45, 7) is 14.7. The predicted octanol–water partition coefficient (Wildman–Crippen LogP) is 3.25. The summed E-state index contributed by atoms with van der Waals surface area (Å²) >= 11 is 1.87. The van der Waals surface area contributed by atoms with Gasteiger partial charge in [0, 0.05) is 50.6 Å². The maximum atomic E-state index is 4.74. The molecule has 160 valence electrons. The van der Waals surface area contributed by atoms with Crippen molar-refractivity contribution in [3.05, 3.63) is 35.4 Å². The summed E-state index contributed by atoms with van der Waals surface area (Å²) in [6.07, 6.45) is 2.15. The van der Waals surface area contributed by atoms with Crippen molar-refractivity contribution in [1.29, 1.82) is 0 Å². The van der Waals surface area contributed by atoms with Crippen LogP contribution in [0.5, 0.6) is 0 Å². The number of benzene rings is 1. The van der Waals surface area contributed by atoms with Gasteiger partial charge >= 0.3 is 0 Å². The van der Waals surface area contributed by atoms with Crippen LogP contribution in [0, 0.1) is 0 Å². The smallest absolute Gasteiger partial charge is 0.191 e. The topological polar surface area (TPSA) is 42.9 Å². The van der Waals surface area contributed by atoms with Crippen molar-refractivity contribution in [2.24, 2.45) is 4.99 Å². The summed E-state index contributed by atoms with van der Waals surface area (Å²) in [5.74, 6) is 0.890. The van der Waals surface area contributed by atoms with Gasteiger partial charge in [0.15, 0.2) is 5.96 Å². The van der Waals surface area contributed by atoms with Gasteiger partial charge in [-0.1, -0.05) is 24.3 Å². The molecule has 28 heavy (non-hydrogen) atoms. The Kier molecular flexibility index (Phi) is 11.8. The molecule has 0 aromatic heterocycles. The Labute approximate surface area is 193 Å². The monoisotopic (exact) mass is 519 g/mol. The molecule has 2 rings (SSSR count). The van der Waals surface area contributed by atoms with Crippen LogP contribution in [0.2, 0.25) is 0 Å². The van der Waals surface area contributed by atoms with Crippen LogP contribution in [0.15, 0.2) is 29.3 Å². The van der Waals surface area contributed by atoms with Crippen molar-refractivity contribution in [3.8, 4) is 0 Å². The van der Waals surface area contributed by atoms with Gasteiger partial charge in [0.2, 0.25) is 0 Å². The summed E-state index contributed by atoms with van der Waals surface area (Å²) < 4.78 is 0.196. The van der Waals surface area contributed by atoms with E-state index in [9.17, 15) is 0 Å². The van der Waals surface area contributed by atoms with E-state index in [0.29, 0.717) is 6.54 Å². The summed E-state index contributed by atoms with van der Waals surface area (Å²) in [5.41, 5.74) is 2.64. The molecule has 2 N–H and O–H groups in total. The molecular weight excluding hydrogens is 481 g/mol. The number of hydrogen-bond donors (Lipinski definition) is 2. The molecule has 0 spiro atoms. The number of hydrogen-bond acceptors (Lipinski definition) is 4. The van der Waals surface area contributed by atoms with Gasteiger partial charge in [0.25, 0.3) is 0 Å². The van der Waals surface area contributed by atoms with Gasteiger partial charge in [-0.15, -0.1) is 24.0 Å². The van der Waals surface area contributed by atoms with Crippen LogP contribution in [0.25, 0.3) is 0 Å². The lowest BCUT2D eigenvalue weighted by Crippen LogP contribution is -2.43. The highest BCUT2D eigenvalue weighted by Gasteiger charge is 2.16. The van der Waals surface area contributed by atoms with Gasteiger partial charge < -0.3 is 15.5 Å². The SMILES string of the molecule is CCNC(=NCc1ccc(CN2CCN(C)CC2)cc1)NCC(C)(C)SC.I. The van der Waals surface area contributed by atoms with Crippen molar-refractivity contribution in [3.63, 3.8) is 0 Å². The molecule has 1 aliphatic heterocycles. The molecular formula is C21H38IN5S. The predicted molar refractivity (Wildman–Crippen MR) is 135 cm³/mol. The van der Waals surface area contributed by atoms with Crippen LogP contribution in [0.3, 0.4) is 0 Å². The molecule has 0 radical (unpaired) electrons.